The SMILES string of the molecule is Cc1ccc(C#N)c(Oc2ccc(Cl)cc2[N+](=O)[O-])c1. The number of ether oxygens (including phenoxy) is 1. The molecule has 100 valence electrons. The van der Waals surface area contributed by atoms with Gasteiger partial charge in [-0.3, -0.25) is 10.1 Å². The molecule has 0 N–H and O–H groups in total. The Balaban J connectivity index is 2.48. The number of hydrogen-bond acceptors (Lipinski definition) is 4. The Hall–Kier alpha value is -2.58. The minimum atomic E-state index is -0.580. The fourth-order valence-corrected chi connectivity index (χ4v) is 1.81. The third-order valence-electron chi connectivity index (χ3n) is 2.60. The van der Waals surface area contributed by atoms with Crippen molar-refractivity contribution in [3.63, 3.8) is 0 Å². The molecule has 0 amide bonds. The zero-order valence-corrected chi connectivity index (χ0v) is 11.2. The number of aryl methyl sites for hydroxylation is 1. The number of nitro groups is 1. The van der Waals surface area contributed by atoms with Crippen molar-refractivity contribution in [1.29, 1.82) is 5.26 Å². The number of benzene rings is 2. The van der Waals surface area contributed by atoms with Crippen LogP contribution in [-0.4, -0.2) is 4.92 Å². The molecule has 0 atom stereocenters. The zero-order chi connectivity index (χ0) is 14.7. The second kappa shape index (κ2) is 5.59. The van der Waals surface area contributed by atoms with Gasteiger partial charge in [0.1, 0.15) is 11.8 Å². The second-order valence-corrected chi connectivity index (χ2v) is 4.52. The van der Waals surface area contributed by atoms with E-state index in [1.807, 2.05) is 13.0 Å². The molecule has 0 aliphatic rings. The molecular formula is C14H9ClN2O3. The Morgan fingerprint density at radius 1 is 1.25 bits per heavy atom. The van der Waals surface area contributed by atoms with Gasteiger partial charge >= 0.3 is 5.69 Å². The van der Waals surface area contributed by atoms with Crippen molar-refractivity contribution in [2.24, 2.45) is 0 Å². The minimum absolute atomic E-state index is 0.0431. The van der Waals surface area contributed by atoms with Crippen LogP contribution in [0.2, 0.25) is 5.02 Å². The highest BCUT2D eigenvalue weighted by Crippen LogP contribution is 2.35. The molecule has 0 unspecified atom stereocenters. The van der Waals surface area contributed by atoms with E-state index in [-0.39, 0.29) is 22.2 Å². The lowest BCUT2D eigenvalue weighted by Gasteiger charge is -2.08. The van der Waals surface area contributed by atoms with Crippen LogP contribution < -0.4 is 4.74 Å². The highest BCUT2D eigenvalue weighted by molar-refractivity contribution is 6.30. The standard InChI is InChI=1S/C14H9ClN2O3/c1-9-2-3-10(8-16)14(6-9)20-13-5-4-11(15)7-12(13)17(18)19/h2-7H,1H3. The Morgan fingerprint density at radius 3 is 2.65 bits per heavy atom. The van der Waals surface area contributed by atoms with Gasteiger partial charge in [-0.15, -0.1) is 0 Å². The van der Waals surface area contributed by atoms with Crippen LogP contribution in [-0.2, 0) is 0 Å². The maximum atomic E-state index is 11.0. The van der Waals surface area contributed by atoms with Crippen molar-refractivity contribution in [3.05, 3.63) is 62.7 Å². The Kier molecular flexibility index (Phi) is 3.87. The summed E-state index contributed by atoms with van der Waals surface area (Å²) < 4.78 is 5.51. The van der Waals surface area contributed by atoms with E-state index < -0.39 is 4.92 Å². The second-order valence-electron chi connectivity index (χ2n) is 4.08. The van der Waals surface area contributed by atoms with E-state index in [4.69, 9.17) is 21.6 Å². The van der Waals surface area contributed by atoms with Gasteiger partial charge in [-0.2, -0.15) is 5.26 Å². The fraction of sp³-hybridized carbons (Fsp3) is 0.0714. The first-order valence-corrected chi connectivity index (χ1v) is 6.01. The summed E-state index contributed by atoms with van der Waals surface area (Å²) in [6.45, 7) is 1.84. The monoisotopic (exact) mass is 288 g/mol. The number of nitrogens with zero attached hydrogens (tertiary/aromatic N) is 2. The van der Waals surface area contributed by atoms with Crippen molar-refractivity contribution >= 4 is 17.3 Å². The van der Waals surface area contributed by atoms with Crippen LogP contribution in [0.4, 0.5) is 5.69 Å². The predicted molar refractivity (Wildman–Crippen MR) is 74.1 cm³/mol. The summed E-state index contributed by atoms with van der Waals surface area (Å²) in [5, 5.41) is 20.3. The summed E-state index contributed by atoms with van der Waals surface area (Å²) in [4.78, 5) is 10.4. The van der Waals surface area contributed by atoms with Crippen molar-refractivity contribution in [1.82, 2.24) is 0 Å². The van der Waals surface area contributed by atoms with Gasteiger partial charge in [-0.05, 0) is 36.8 Å². The molecule has 0 saturated heterocycles. The molecule has 0 aromatic heterocycles. The van der Waals surface area contributed by atoms with Crippen LogP contribution in [0.25, 0.3) is 0 Å². The summed E-state index contributed by atoms with van der Waals surface area (Å²) in [5.41, 5.74) is 0.943. The van der Waals surface area contributed by atoms with Gasteiger partial charge in [0, 0.05) is 11.1 Å². The van der Waals surface area contributed by atoms with Gasteiger partial charge in [0.05, 0.1) is 10.5 Å². The summed E-state index contributed by atoms with van der Waals surface area (Å²) in [6, 6.07) is 11.1. The average Bonchev–Trinajstić information content (AvgIpc) is 2.41. The van der Waals surface area contributed by atoms with E-state index in [0.29, 0.717) is 5.56 Å². The Morgan fingerprint density at radius 2 is 2.00 bits per heavy atom. The van der Waals surface area contributed by atoms with Crippen molar-refractivity contribution in [2.75, 3.05) is 0 Å². The first kappa shape index (κ1) is 13.8. The highest BCUT2D eigenvalue weighted by Gasteiger charge is 2.17. The van der Waals surface area contributed by atoms with Crippen LogP contribution in [0.3, 0.4) is 0 Å². The van der Waals surface area contributed by atoms with E-state index in [2.05, 4.69) is 0 Å². The summed E-state index contributed by atoms with van der Waals surface area (Å²) >= 11 is 5.74. The minimum Gasteiger partial charge on any atom is -0.449 e. The summed E-state index contributed by atoms with van der Waals surface area (Å²) in [6.07, 6.45) is 0. The summed E-state index contributed by atoms with van der Waals surface area (Å²) in [7, 11) is 0. The molecule has 0 bridgehead atoms. The molecule has 0 aliphatic carbocycles. The van der Waals surface area contributed by atoms with Crippen molar-refractivity contribution in [3.8, 4) is 17.6 Å². The molecule has 0 spiro atoms. The highest BCUT2D eigenvalue weighted by atomic mass is 35.5. The van der Waals surface area contributed by atoms with E-state index >= 15 is 0 Å². The van der Waals surface area contributed by atoms with E-state index in [9.17, 15) is 10.1 Å². The van der Waals surface area contributed by atoms with Gasteiger partial charge in [0.15, 0.2) is 0 Å². The lowest BCUT2D eigenvalue weighted by Crippen LogP contribution is -1.95. The largest absolute Gasteiger partial charge is 0.449 e. The van der Waals surface area contributed by atoms with Crippen LogP contribution in [0, 0.1) is 28.4 Å². The lowest BCUT2D eigenvalue weighted by molar-refractivity contribution is -0.385. The Labute approximate surface area is 120 Å². The van der Waals surface area contributed by atoms with Crippen LogP contribution in [0.15, 0.2) is 36.4 Å². The maximum Gasteiger partial charge on any atom is 0.313 e. The van der Waals surface area contributed by atoms with E-state index in [1.165, 1.54) is 18.2 Å². The predicted octanol–water partition coefficient (Wildman–Crippen LogP) is 4.22. The molecule has 6 heteroatoms. The third kappa shape index (κ3) is 2.87. The smallest absolute Gasteiger partial charge is 0.313 e. The molecule has 5 nitrogen and oxygen atoms in total. The van der Waals surface area contributed by atoms with Gasteiger partial charge in [0.2, 0.25) is 5.75 Å². The third-order valence-corrected chi connectivity index (χ3v) is 2.83. The number of rotatable bonds is 3. The van der Waals surface area contributed by atoms with Crippen molar-refractivity contribution < 1.29 is 9.66 Å². The topological polar surface area (TPSA) is 76.2 Å². The molecule has 0 heterocycles. The first-order chi connectivity index (χ1) is 9.51. The molecule has 2 aromatic carbocycles. The normalized spacial score (nSPS) is 9.85. The molecular weight excluding hydrogens is 280 g/mol. The number of nitriles is 1. The molecule has 0 saturated carbocycles. The van der Waals surface area contributed by atoms with Crippen LogP contribution in [0.1, 0.15) is 11.1 Å². The quantitative estimate of drug-likeness (QED) is 0.626. The average molecular weight is 289 g/mol. The van der Waals surface area contributed by atoms with Gasteiger partial charge in [-0.25, -0.2) is 0 Å². The van der Waals surface area contributed by atoms with E-state index in [1.54, 1.807) is 18.2 Å². The fourth-order valence-electron chi connectivity index (χ4n) is 1.64. The number of hydrogen-bond donors (Lipinski definition) is 0. The lowest BCUT2D eigenvalue weighted by atomic mass is 10.1. The van der Waals surface area contributed by atoms with Gasteiger partial charge in [-0.1, -0.05) is 17.7 Å². The maximum absolute atomic E-state index is 11.0. The molecule has 0 aliphatic heterocycles. The molecule has 2 aromatic rings. The van der Waals surface area contributed by atoms with E-state index in [0.717, 1.165) is 5.56 Å². The number of halogens is 1. The molecule has 0 fully saturated rings. The van der Waals surface area contributed by atoms with Crippen molar-refractivity contribution in [2.45, 2.75) is 6.92 Å². The van der Waals surface area contributed by atoms with Crippen LogP contribution >= 0.6 is 11.6 Å². The molecule has 2 rings (SSSR count). The first-order valence-electron chi connectivity index (χ1n) is 5.64. The van der Waals surface area contributed by atoms with Gasteiger partial charge < -0.3 is 4.74 Å². The molecule has 0 radical (unpaired) electrons. The van der Waals surface area contributed by atoms with Crippen LogP contribution in [0.5, 0.6) is 11.5 Å². The Bertz CT molecular complexity index is 723. The molecule has 20 heavy (non-hydrogen) atoms. The zero-order valence-electron chi connectivity index (χ0n) is 10.5. The van der Waals surface area contributed by atoms with Gasteiger partial charge in [0.25, 0.3) is 0 Å². The summed E-state index contributed by atoms with van der Waals surface area (Å²) in [5.74, 6) is 0.319. The number of nitro benzene ring substituents is 1.